The number of sulfone groups is 1. The number of hydrogen-bond donors (Lipinski definition) is 0. The SMILES string of the molecule is CCS(=O)(=O)C[C@@H](C)N(C)C(=O)c1cccc(F)c1. The van der Waals surface area contributed by atoms with Crippen molar-refractivity contribution in [2.24, 2.45) is 0 Å². The summed E-state index contributed by atoms with van der Waals surface area (Å²) in [6.45, 7) is 3.22. The molecule has 4 nitrogen and oxygen atoms in total. The summed E-state index contributed by atoms with van der Waals surface area (Å²) >= 11 is 0. The summed E-state index contributed by atoms with van der Waals surface area (Å²) < 4.78 is 36.1. The van der Waals surface area contributed by atoms with Gasteiger partial charge in [0, 0.05) is 24.4 Å². The molecular formula is C13H18FNO3S. The van der Waals surface area contributed by atoms with E-state index < -0.39 is 27.6 Å². The first-order valence-electron chi connectivity index (χ1n) is 6.00. The molecule has 0 aliphatic rings. The molecule has 1 rings (SSSR count). The largest absolute Gasteiger partial charge is 0.338 e. The Kier molecular flexibility index (Phi) is 5.05. The Morgan fingerprint density at radius 2 is 2.05 bits per heavy atom. The van der Waals surface area contributed by atoms with Crippen molar-refractivity contribution in [2.45, 2.75) is 19.9 Å². The van der Waals surface area contributed by atoms with Crippen molar-refractivity contribution in [1.29, 1.82) is 0 Å². The Labute approximate surface area is 113 Å². The minimum atomic E-state index is -3.16. The van der Waals surface area contributed by atoms with E-state index in [-0.39, 0.29) is 17.1 Å². The molecule has 0 aromatic heterocycles. The Morgan fingerprint density at radius 3 is 2.58 bits per heavy atom. The second kappa shape index (κ2) is 6.14. The van der Waals surface area contributed by atoms with Gasteiger partial charge < -0.3 is 4.90 Å². The van der Waals surface area contributed by atoms with Crippen molar-refractivity contribution >= 4 is 15.7 Å². The molecule has 0 bridgehead atoms. The number of rotatable bonds is 5. The molecule has 0 fully saturated rings. The number of carbonyl (C=O) groups excluding carboxylic acids is 1. The number of hydrogen-bond acceptors (Lipinski definition) is 3. The summed E-state index contributed by atoms with van der Waals surface area (Å²) in [6, 6.07) is 4.88. The molecular weight excluding hydrogens is 269 g/mol. The maximum absolute atomic E-state index is 13.1. The van der Waals surface area contributed by atoms with Gasteiger partial charge in [0.25, 0.3) is 5.91 Å². The lowest BCUT2D eigenvalue weighted by molar-refractivity contribution is 0.0756. The van der Waals surface area contributed by atoms with Crippen LogP contribution in [0.15, 0.2) is 24.3 Å². The topological polar surface area (TPSA) is 54.5 Å². The van der Waals surface area contributed by atoms with Gasteiger partial charge in [-0.25, -0.2) is 12.8 Å². The van der Waals surface area contributed by atoms with Crippen molar-refractivity contribution in [1.82, 2.24) is 4.90 Å². The van der Waals surface area contributed by atoms with Crippen LogP contribution in [0.2, 0.25) is 0 Å². The molecule has 1 amide bonds. The summed E-state index contributed by atoms with van der Waals surface area (Å²) in [5.74, 6) is -0.938. The molecule has 0 saturated heterocycles. The molecule has 6 heteroatoms. The van der Waals surface area contributed by atoms with Gasteiger partial charge in [-0.1, -0.05) is 13.0 Å². The van der Waals surface area contributed by atoms with E-state index in [4.69, 9.17) is 0 Å². The van der Waals surface area contributed by atoms with Crippen LogP contribution in [-0.2, 0) is 9.84 Å². The maximum Gasteiger partial charge on any atom is 0.253 e. The third-order valence-corrected chi connectivity index (χ3v) is 4.86. The Balaban J connectivity index is 2.83. The molecule has 0 N–H and O–H groups in total. The van der Waals surface area contributed by atoms with Gasteiger partial charge in [-0.05, 0) is 25.1 Å². The molecule has 0 aliphatic heterocycles. The monoisotopic (exact) mass is 287 g/mol. The molecule has 19 heavy (non-hydrogen) atoms. The second-order valence-electron chi connectivity index (χ2n) is 4.47. The molecule has 0 saturated carbocycles. The van der Waals surface area contributed by atoms with Crippen molar-refractivity contribution in [3.8, 4) is 0 Å². The van der Waals surface area contributed by atoms with Crippen molar-refractivity contribution < 1.29 is 17.6 Å². The summed E-state index contributed by atoms with van der Waals surface area (Å²) in [5.41, 5.74) is 0.211. The lowest BCUT2D eigenvalue weighted by atomic mass is 10.2. The average Bonchev–Trinajstić information content (AvgIpc) is 2.36. The van der Waals surface area contributed by atoms with Crippen molar-refractivity contribution in [3.63, 3.8) is 0 Å². The highest BCUT2D eigenvalue weighted by atomic mass is 32.2. The zero-order valence-corrected chi connectivity index (χ0v) is 12.1. The lowest BCUT2D eigenvalue weighted by Gasteiger charge is -2.24. The fraction of sp³-hybridized carbons (Fsp3) is 0.462. The third kappa shape index (κ3) is 4.31. The summed E-state index contributed by atoms with van der Waals surface area (Å²) in [7, 11) is -1.64. The van der Waals surface area contributed by atoms with Crippen molar-refractivity contribution in [2.75, 3.05) is 18.6 Å². The minimum absolute atomic E-state index is 0.0410. The fourth-order valence-corrected chi connectivity index (χ4v) is 2.82. The Morgan fingerprint density at radius 1 is 1.42 bits per heavy atom. The van der Waals surface area contributed by atoms with Crippen LogP contribution < -0.4 is 0 Å². The number of benzene rings is 1. The molecule has 0 radical (unpaired) electrons. The number of nitrogens with zero attached hydrogens (tertiary/aromatic N) is 1. The first-order chi connectivity index (χ1) is 8.76. The van der Waals surface area contributed by atoms with E-state index >= 15 is 0 Å². The quantitative estimate of drug-likeness (QED) is 0.828. The van der Waals surface area contributed by atoms with Gasteiger partial charge in [0.05, 0.1) is 5.75 Å². The van der Waals surface area contributed by atoms with E-state index in [2.05, 4.69) is 0 Å². The second-order valence-corrected chi connectivity index (χ2v) is 6.87. The summed E-state index contributed by atoms with van der Waals surface area (Å²) in [6.07, 6.45) is 0. The molecule has 0 aliphatic carbocycles. The van der Waals surface area contributed by atoms with Crippen LogP contribution in [0, 0.1) is 5.82 Å². The van der Waals surface area contributed by atoms with E-state index in [1.165, 1.54) is 30.1 Å². The van der Waals surface area contributed by atoms with Crippen LogP contribution in [0.1, 0.15) is 24.2 Å². The van der Waals surface area contributed by atoms with Gasteiger partial charge in [-0.2, -0.15) is 0 Å². The predicted octanol–water partition coefficient (Wildman–Crippen LogP) is 1.72. The Bertz CT molecular complexity index is 557. The zero-order valence-electron chi connectivity index (χ0n) is 11.3. The molecule has 0 unspecified atom stereocenters. The predicted molar refractivity (Wildman–Crippen MR) is 72.3 cm³/mol. The summed E-state index contributed by atoms with van der Waals surface area (Å²) in [5, 5.41) is 0. The van der Waals surface area contributed by atoms with Gasteiger partial charge in [-0.15, -0.1) is 0 Å². The van der Waals surface area contributed by atoms with Gasteiger partial charge >= 0.3 is 0 Å². The number of amides is 1. The molecule has 0 heterocycles. The molecule has 1 atom stereocenters. The Hall–Kier alpha value is -1.43. The van der Waals surface area contributed by atoms with Crippen LogP contribution in [0.3, 0.4) is 0 Å². The van der Waals surface area contributed by atoms with Gasteiger partial charge in [-0.3, -0.25) is 4.79 Å². The van der Waals surface area contributed by atoms with E-state index in [1.807, 2.05) is 0 Å². The van der Waals surface area contributed by atoms with Crippen LogP contribution in [-0.4, -0.2) is 43.8 Å². The first-order valence-corrected chi connectivity index (χ1v) is 7.82. The smallest absolute Gasteiger partial charge is 0.253 e. The average molecular weight is 287 g/mol. The van der Waals surface area contributed by atoms with Gasteiger partial charge in [0.1, 0.15) is 5.82 Å². The van der Waals surface area contributed by atoms with Gasteiger partial charge in [0.15, 0.2) is 9.84 Å². The maximum atomic E-state index is 13.1. The normalized spacial score (nSPS) is 13.1. The molecule has 1 aromatic rings. The zero-order chi connectivity index (χ0) is 14.6. The number of carbonyl (C=O) groups is 1. The molecule has 1 aromatic carbocycles. The third-order valence-electron chi connectivity index (χ3n) is 2.99. The standard InChI is InChI=1S/C13H18FNO3S/c1-4-19(17,18)9-10(2)15(3)13(16)11-6-5-7-12(14)8-11/h5-8,10H,4,9H2,1-3H3/t10-/m1/s1. The number of halogens is 1. The van der Waals surface area contributed by atoms with Crippen LogP contribution in [0.5, 0.6) is 0 Å². The van der Waals surface area contributed by atoms with E-state index in [0.29, 0.717) is 0 Å². The summed E-state index contributed by atoms with van der Waals surface area (Å²) in [4.78, 5) is 13.4. The lowest BCUT2D eigenvalue weighted by Crippen LogP contribution is -2.39. The van der Waals surface area contributed by atoms with E-state index in [9.17, 15) is 17.6 Å². The van der Waals surface area contributed by atoms with E-state index in [0.717, 1.165) is 6.07 Å². The highest BCUT2D eigenvalue weighted by Crippen LogP contribution is 2.10. The molecule has 106 valence electrons. The first kappa shape index (κ1) is 15.6. The van der Waals surface area contributed by atoms with Crippen LogP contribution in [0.4, 0.5) is 4.39 Å². The van der Waals surface area contributed by atoms with E-state index in [1.54, 1.807) is 13.8 Å². The van der Waals surface area contributed by atoms with Gasteiger partial charge in [0.2, 0.25) is 0 Å². The molecule has 0 spiro atoms. The highest BCUT2D eigenvalue weighted by Gasteiger charge is 2.22. The highest BCUT2D eigenvalue weighted by molar-refractivity contribution is 7.91. The minimum Gasteiger partial charge on any atom is -0.338 e. The fourth-order valence-electron chi connectivity index (χ4n) is 1.62. The van der Waals surface area contributed by atoms with Crippen molar-refractivity contribution in [3.05, 3.63) is 35.6 Å². The van der Waals surface area contributed by atoms with Crippen LogP contribution in [0.25, 0.3) is 0 Å². The van der Waals surface area contributed by atoms with Crippen LogP contribution >= 0.6 is 0 Å².